The van der Waals surface area contributed by atoms with Gasteiger partial charge in [-0.25, -0.2) is 22.5 Å². The standard InChI is InChI=1S/C27H23F3N2O5S/c1-17-23-6-4-3-5-20(23)15-31-24(17)32(38(36,37)22-13-9-19(10-14-22)25(33)34)16-18-7-11-21(12-8-18)26(2,35)27(28,29)30/h3-15,35H,16H2,1-2H3,(H,33,34). The van der Waals surface area contributed by atoms with E-state index in [0.29, 0.717) is 18.1 Å². The maximum absolute atomic E-state index is 13.8. The van der Waals surface area contributed by atoms with Crippen molar-refractivity contribution in [3.8, 4) is 0 Å². The van der Waals surface area contributed by atoms with Gasteiger partial charge in [0, 0.05) is 17.1 Å². The molecule has 0 aliphatic carbocycles. The summed E-state index contributed by atoms with van der Waals surface area (Å²) < 4.78 is 68.4. The minimum Gasteiger partial charge on any atom is -0.478 e. The molecule has 0 fully saturated rings. The van der Waals surface area contributed by atoms with Crippen LogP contribution in [0.5, 0.6) is 0 Å². The number of pyridine rings is 1. The first kappa shape index (κ1) is 27.1. The summed E-state index contributed by atoms with van der Waals surface area (Å²) in [4.78, 5) is 15.4. The Balaban J connectivity index is 1.81. The van der Waals surface area contributed by atoms with Crippen molar-refractivity contribution in [2.75, 3.05) is 4.31 Å². The van der Waals surface area contributed by atoms with Gasteiger partial charge < -0.3 is 10.2 Å². The number of aliphatic hydroxyl groups is 1. The van der Waals surface area contributed by atoms with Gasteiger partial charge in [-0.05, 0) is 54.6 Å². The molecule has 1 aromatic heterocycles. The fraction of sp³-hybridized carbons (Fsp3) is 0.185. The van der Waals surface area contributed by atoms with E-state index in [1.165, 1.54) is 42.6 Å². The zero-order valence-electron chi connectivity index (χ0n) is 20.3. The van der Waals surface area contributed by atoms with Gasteiger partial charge in [-0.1, -0.05) is 48.5 Å². The Morgan fingerprint density at radius 3 is 2.16 bits per heavy atom. The third kappa shape index (κ3) is 4.94. The Morgan fingerprint density at radius 1 is 0.974 bits per heavy atom. The van der Waals surface area contributed by atoms with Crippen molar-refractivity contribution in [3.05, 3.63) is 101 Å². The first-order chi connectivity index (χ1) is 17.7. The Morgan fingerprint density at radius 2 is 1.58 bits per heavy atom. The number of rotatable bonds is 7. The summed E-state index contributed by atoms with van der Waals surface area (Å²) in [7, 11) is -4.30. The number of aryl methyl sites for hydroxylation is 1. The van der Waals surface area contributed by atoms with Crippen molar-refractivity contribution in [2.45, 2.75) is 37.1 Å². The predicted octanol–water partition coefficient (Wildman–Crippen LogP) is 5.41. The zero-order chi connectivity index (χ0) is 27.9. The third-order valence-electron chi connectivity index (χ3n) is 6.35. The van der Waals surface area contributed by atoms with Crippen LogP contribution in [0.1, 0.15) is 34.0 Å². The normalized spacial score (nSPS) is 13.7. The van der Waals surface area contributed by atoms with Crippen molar-refractivity contribution >= 4 is 32.6 Å². The number of aromatic carboxylic acids is 1. The zero-order valence-corrected chi connectivity index (χ0v) is 21.1. The Bertz CT molecular complexity index is 1600. The molecule has 1 heterocycles. The molecule has 0 radical (unpaired) electrons. The molecule has 0 amide bonds. The molecule has 0 saturated heterocycles. The number of benzene rings is 3. The molecular weight excluding hydrogens is 521 g/mol. The van der Waals surface area contributed by atoms with Gasteiger partial charge in [0.1, 0.15) is 5.82 Å². The number of nitrogens with zero attached hydrogens (tertiary/aromatic N) is 2. The number of hydrogen-bond acceptors (Lipinski definition) is 5. The predicted molar refractivity (Wildman–Crippen MR) is 135 cm³/mol. The van der Waals surface area contributed by atoms with Gasteiger partial charge in [0.05, 0.1) is 17.0 Å². The molecule has 7 nitrogen and oxygen atoms in total. The molecule has 4 aromatic rings. The molecule has 1 unspecified atom stereocenters. The van der Waals surface area contributed by atoms with Crippen LogP contribution in [0.15, 0.2) is 83.9 Å². The first-order valence-electron chi connectivity index (χ1n) is 11.3. The number of carboxylic acid groups (broad SMARTS) is 1. The second kappa shape index (κ2) is 9.73. The van der Waals surface area contributed by atoms with Gasteiger partial charge in [-0.2, -0.15) is 13.2 Å². The van der Waals surface area contributed by atoms with E-state index in [-0.39, 0.29) is 22.8 Å². The lowest BCUT2D eigenvalue weighted by atomic mass is 9.94. The van der Waals surface area contributed by atoms with E-state index in [0.717, 1.165) is 27.2 Å². The van der Waals surface area contributed by atoms with Crippen LogP contribution < -0.4 is 4.31 Å². The van der Waals surface area contributed by atoms with E-state index in [4.69, 9.17) is 5.11 Å². The highest BCUT2D eigenvalue weighted by atomic mass is 32.2. The van der Waals surface area contributed by atoms with Crippen molar-refractivity contribution in [2.24, 2.45) is 0 Å². The highest BCUT2D eigenvalue weighted by Gasteiger charge is 2.51. The molecule has 0 saturated carbocycles. The summed E-state index contributed by atoms with van der Waals surface area (Å²) in [6.45, 7) is 2.07. The lowest BCUT2D eigenvalue weighted by Crippen LogP contribution is -2.39. The molecule has 4 rings (SSSR count). The largest absolute Gasteiger partial charge is 0.478 e. The van der Waals surface area contributed by atoms with Crippen LogP contribution in [0.2, 0.25) is 0 Å². The number of halogens is 3. The van der Waals surface area contributed by atoms with Gasteiger partial charge >= 0.3 is 12.1 Å². The SMILES string of the molecule is Cc1c(N(Cc2ccc(C(C)(O)C(F)(F)F)cc2)S(=O)(=O)c2ccc(C(=O)O)cc2)ncc2ccccc12. The number of alkyl halides is 3. The molecule has 198 valence electrons. The second-order valence-electron chi connectivity index (χ2n) is 8.90. The number of anilines is 1. The molecule has 38 heavy (non-hydrogen) atoms. The summed E-state index contributed by atoms with van der Waals surface area (Å²) in [5, 5.41) is 20.7. The third-order valence-corrected chi connectivity index (χ3v) is 8.10. The van der Waals surface area contributed by atoms with Gasteiger partial charge in [0.2, 0.25) is 0 Å². The van der Waals surface area contributed by atoms with Crippen molar-refractivity contribution in [1.29, 1.82) is 0 Å². The number of sulfonamides is 1. The van der Waals surface area contributed by atoms with Gasteiger partial charge in [-0.3, -0.25) is 0 Å². The monoisotopic (exact) mass is 544 g/mol. The van der Waals surface area contributed by atoms with Gasteiger partial charge in [-0.15, -0.1) is 0 Å². The van der Waals surface area contributed by atoms with E-state index in [1.54, 1.807) is 13.0 Å². The number of aromatic nitrogens is 1. The van der Waals surface area contributed by atoms with E-state index in [2.05, 4.69) is 4.98 Å². The summed E-state index contributed by atoms with van der Waals surface area (Å²) in [5.74, 6) is -1.11. The Hall–Kier alpha value is -3.96. The molecule has 0 bridgehead atoms. The lowest BCUT2D eigenvalue weighted by molar-refractivity contribution is -0.258. The van der Waals surface area contributed by atoms with Crippen molar-refractivity contribution < 1.29 is 36.6 Å². The fourth-order valence-corrected chi connectivity index (χ4v) is 5.45. The summed E-state index contributed by atoms with van der Waals surface area (Å²) in [6.07, 6.45) is -3.38. The summed E-state index contributed by atoms with van der Waals surface area (Å²) >= 11 is 0. The van der Waals surface area contributed by atoms with Crippen molar-refractivity contribution in [3.63, 3.8) is 0 Å². The van der Waals surface area contributed by atoms with Crippen LogP contribution in [0.3, 0.4) is 0 Å². The van der Waals surface area contributed by atoms with Gasteiger partial charge in [0.15, 0.2) is 5.60 Å². The summed E-state index contributed by atoms with van der Waals surface area (Å²) in [6, 6.07) is 16.7. The molecule has 11 heteroatoms. The van der Waals surface area contributed by atoms with E-state index < -0.39 is 33.3 Å². The summed E-state index contributed by atoms with van der Waals surface area (Å²) in [5.41, 5.74) is -2.67. The molecular formula is C27H23F3N2O5S. The van der Waals surface area contributed by atoms with Gasteiger partial charge in [0.25, 0.3) is 10.0 Å². The second-order valence-corrected chi connectivity index (χ2v) is 10.8. The topological polar surface area (TPSA) is 108 Å². The molecule has 1 atom stereocenters. The van der Waals surface area contributed by atoms with Crippen LogP contribution in [0.4, 0.5) is 19.0 Å². The highest BCUT2D eigenvalue weighted by molar-refractivity contribution is 7.92. The van der Waals surface area contributed by atoms with Crippen LogP contribution in [0.25, 0.3) is 10.8 Å². The quantitative estimate of drug-likeness (QED) is 0.322. The minimum absolute atomic E-state index is 0.0946. The van der Waals surface area contributed by atoms with E-state index in [1.807, 2.05) is 18.2 Å². The average Bonchev–Trinajstić information content (AvgIpc) is 2.87. The molecule has 0 aliphatic heterocycles. The molecule has 3 aromatic carbocycles. The van der Waals surface area contributed by atoms with Crippen LogP contribution in [-0.2, 0) is 22.2 Å². The number of carboxylic acids is 1. The van der Waals surface area contributed by atoms with E-state index in [9.17, 15) is 31.5 Å². The van der Waals surface area contributed by atoms with Crippen LogP contribution in [-0.4, -0.2) is 35.8 Å². The van der Waals surface area contributed by atoms with Crippen LogP contribution in [0, 0.1) is 6.92 Å². The lowest BCUT2D eigenvalue weighted by Gasteiger charge is -2.28. The molecule has 0 aliphatic rings. The van der Waals surface area contributed by atoms with Crippen LogP contribution >= 0.6 is 0 Å². The highest BCUT2D eigenvalue weighted by Crippen LogP contribution is 2.39. The smallest absolute Gasteiger partial charge is 0.421 e. The maximum atomic E-state index is 13.8. The Labute approximate surface area is 216 Å². The fourth-order valence-electron chi connectivity index (χ4n) is 3.99. The first-order valence-corrected chi connectivity index (χ1v) is 12.8. The minimum atomic E-state index is -4.90. The molecule has 0 spiro atoms. The van der Waals surface area contributed by atoms with Crippen molar-refractivity contribution in [1.82, 2.24) is 4.98 Å². The number of fused-ring (bicyclic) bond motifs is 1. The number of hydrogen-bond donors (Lipinski definition) is 2. The molecule has 2 N–H and O–H groups in total. The average molecular weight is 545 g/mol. The number of carbonyl (C=O) groups is 1. The maximum Gasteiger partial charge on any atom is 0.421 e. The van der Waals surface area contributed by atoms with E-state index >= 15 is 0 Å². The Kier molecular flexibility index (Phi) is 6.94.